The summed E-state index contributed by atoms with van der Waals surface area (Å²) in [7, 11) is 0. The number of hydrogen-bond acceptors (Lipinski definition) is 9. The Morgan fingerprint density at radius 2 is 1.23 bits per heavy atom. The molecule has 0 aromatic carbocycles. The van der Waals surface area contributed by atoms with Crippen LogP contribution in [0.5, 0.6) is 0 Å². The van der Waals surface area contributed by atoms with Crippen molar-refractivity contribution < 1.29 is 33.6 Å². The highest BCUT2D eigenvalue weighted by atomic mass is 16.2. The van der Waals surface area contributed by atoms with E-state index in [1.807, 2.05) is 13.8 Å². The van der Waals surface area contributed by atoms with E-state index in [4.69, 9.17) is 11.5 Å². The Morgan fingerprint density at radius 1 is 0.717 bits per heavy atom. The number of nitrogens with one attached hydrogen (secondary N) is 3. The Bertz CT molecular complexity index is 1410. The Hall–Kier alpha value is -4.28. The summed E-state index contributed by atoms with van der Waals surface area (Å²) in [4.78, 5) is 104. The van der Waals surface area contributed by atoms with Crippen molar-refractivity contribution >= 4 is 47.7 Å². The molecule has 0 bridgehead atoms. The number of aldehydes is 1. The SMILES string of the molecule is CC(C)[C@H](NC(=O)[C@@H]1CCCN1C(=O)[C@@H]1CCCN1C(=O)[C@@H]1CCCN1)C(=O)N1CCC[C@H]1C(=O)N1CCC[C@H]1C(=O)N[C@H](C=O)CCCN=C(N)N. The molecule has 294 valence electrons. The van der Waals surface area contributed by atoms with E-state index in [9.17, 15) is 33.6 Å². The summed E-state index contributed by atoms with van der Waals surface area (Å²) in [5.74, 6) is -2.19. The molecule has 5 saturated heterocycles. The molecule has 0 aromatic heterocycles. The topological polar surface area (TPSA) is 233 Å². The maximum absolute atomic E-state index is 14.2. The van der Waals surface area contributed by atoms with Crippen molar-refractivity contribution in [2.24, 2.45) is 22.4 Å². The van der Waals surface area contributed by atoms with Gasteiger partial charge in [0.15, 0.2) is 5.96 Å². The minimum atomic E-state index is -0.934. The summed E-state index contributed by atoms with van der Waals surface area (Å²) >= 11 is 0. The van der Waals surface area contributed by atoms with Crippen LogP contribution in [0.3, 0.4) is 0 Å². The molecule has 17 heteroatoms. The fourth-order valence-electron chi connectivity index (χ4n) is 8.57. The third-order valence-electron chi connectivity index (χ3n) is 11.4. The number of aliphatic imine (C=N–C) groups is 1. The second-order valence-corrected chi connectivity index (χ2v) is 15.3. The summed E-state index contributed by atoms with van der Waals surface area (Å²) in [6.07, 6.45) is 7.56. The largest absolute Gasteiger partial charge is 0.370 e. The van der Waals surface area contributed by atoms with Crippen molar-refractivity contribution in [3.8, 4) is 0 Å². The van der Waals surface area contributed by atoms with Gasteiger partial charge in [-0.15, -0.1) is 0 Å². The molecule has 7 N–H and O–H groups in total. The summed E-state index contributed by atoms with van der Waals surface area (Å²) in [5.41, 5.74) is 10.7. The molecule has 5 heterocycles. The number of guanidine groups is 1. The monoisotopic (exact) mass is 742 g/mol. The second-order valence-electron chi connectivity index (χ2n) is 15.3. The fourth-order valence-corrected chi connectivity index (χ4v) is 8.57. The van der Waals surface area contributed by atoms with Crippen LogP contribution in [0.2, 0.25) is 0 Å². The lowest BCUT2D eigenvalue weighted by atomic mass is 10.0. The molecular formula is C36H58N10O7. The molecule has 7 atom stereocenters. The van der Waals surface area contributed by atoms with Crippen LogP contribution in [0.15, 0.2) is 4.99 Å². The smallest absolute Gasteiger partial charge is 0.246 e. The van der Waals surface area contributed by atoms with E-state index in [-0.39, 0.29) is 41.5 Å². The van der Waals surface area contributed by atoms with E-state index in [0.29, 0.717) is 96.8 Å². The first-order valence-electron chi connectivity index (χ1n) is 19.5. The molecule has 17 nitrogen and oxygen atoms in total. The van der Waals surface area contributed by atoms with E-state index >= 15 is 0 Å². The van der Waals surface area contributed by atoms with Crippen LogP contribution in [0.25, 0.3) is 0 Å². The number of rotatable bonds is 14. The predicted molar refractivity (Wildman–Crippen MR) is 195 cm³/mol. The molecule has 5 rings (SSSR count). The molecule has 0 radical (unpaired) electrons. The summed E-state index contributed by atoms with van der Waals surface area (Å²) in [5, 5.41) is 8.92. The van der Waals surface area contributed by atoms with E-state index in [1.54, 1.807) is 9.80 Å². The Kier molecular flexibility index (Phi) is 13.7. The molecule has 0 aromatic rings. The Morgan fingerprint density at radius 3 is 1.74 bits per heavy atom. The van der Waals surface area contributed by atoms with Crippen molar-refractivity contribution in [2.45, 2.75) is 133 Å². The van der Waals surface area contributed by atoms with Crippen LogP contribution in [-0.2, 0) is 33.6 Å². The third-order valence-corrected chi connectivity index (χ3v) is 11.4. The molecule has 5 fully saturated rings. The normalized spacial score (nSPS) is 26.8. The molecule has 53 heavy (non-hydrogen) atoms. The molecule has 5 aliphatic heterocycles. The van der Waals surface area contributed by atoms with Crippen molar-refractivity contribution in [3.05, 3.63) is 0 Å². The van der Waals surface area contributed by atoms with Crippen LogP contribution in [0, 0.1) is 5.92 Å². The van der Waals surface area contributed by atoms with E-state index in [0.717, 1.165) is 25.8 Å². The number of hydrogen-bond donors (Lipinski definition) is 5. The number of carbonyl (C=O) groups excluding carboxylic acids is 7. The second kappa shape index (κ2) is 18.2. The molecule has 6 amide bonds. The van der Waals surface area contributed by atoms with Crippen molar-refractivity contribution in [1.29, 1.82) is 0 Å². The molecule has 0 spiro atoms. The standard InChI is InChI=1S/C36H58N10O7/c1-22(2)29(42-31(49)26-12-6-18-44(26)33(51)27-13-7-19-45(27)32(50)24-10-4-15-39-24)35(53)46-20-8-14-28(46)34(52)43-17-5-11-25(43)30(48)41-23(21-47)9-3-16-40-36(37)38/h21-29,39H,3-20H2,1-2H3,(H,41,48)(H,42,49)(H4,37,38,40)/t23-,24-,25-,26-,27-,28-,29-/m0/s1. The van der Waals surface area contributed by atoms with Gasteiger partial charge in [-0.3, -0.25) is 33.8 Å². The number of nitrogens with two attached hydrogens (primary N) is 2. The van der Waals surface area contributed by atoms with E-state index in [1.165, 1.54) is 9.80 Å². The van der Waals surface area contributed by atoms with Gasteiger partial charge in [0.05, 0.1) is 12.1 Å². The molecule has 0 unspecified atom stereocenters. The van der Waals surface area contributed by atoms with Crippen LogP contribution in [-0.4, -0.2) is 149 Å². The first-order valence-corrected chi connectivity index (χ1v) is 19.5. The minimum Gasteiger partial charge on any atom is -0.370 e. The van der Waals surface area contributed by atoms with Gasteiger partial charge in [-0.1, -0.05) is 13.8 Å². The zero-order valence-corrected chi connectivity index (χ0v) is 31.2. The lowest BCUT2D eigenvalue weighted by molar-refractivity contribution is -0.149. The summed E-state index contributed by atoms with van der Waals surface area (Å²) < 4.78 is 0. The van der Waals surface area contributed by atoms with Crippen molar-refractivity contribution in [3.63, 3.8) is 0 Å². The lowest BCUT2D eigenvalue weighted by Gasteiger charge is -2.35. The van der Waals surface area contributed by atoms with Gasteiger partial charge in [-0.25, -0.2) is 0 Å². The van der Waals surface area contributed by atoms with Gasteiger partial charge in [0.25, 0.3) is 0 Å². The van der Waals surface area contributed by atoms with Crippen LogP contribution in [0.1, 0.15) is 90.9 Å². The molecular weight excluding hydrogens is 684 g/mol. The highest BCUT2D eigenvalue weighted by Gasteiger charge is 2.47. The zero-order valence-electron chi connectivity index (χ0n) is 31.2. The summed E-state index contributed by atoms with van der Waals surface area (Å²) in [6, 6.07) is -4.89. The molecule has 0 saturated carbocycles. The average Bonchev–Trinajstić information content (AvgIpc) is 3.99. The van der Waals surface area contributed by atoms with E-state index < -0.39 is 48.1 Å². The summed E-state index contributed by atoms with van der Waals surface area (Å²) in [6.45, 7) is 6.35. The quantitative estimate of drug-likeness (QED) is 0.0603. The van der Waals surface area contributed by atoms with Gasteiger partial charge in [-0.05, 0) is 89.5 Å². The minimum absolute atomic E-state index is 0.0521. The van der Waals surface area contributed by atoms with Crippen molar-refractivity contribution in [1.82, 2.24) is 35.6 Å². The number of nitrogens with zero attached hydrogens (tertiary/aromatic N) is 5. The predicted octanol–water partition coefficient (Wildman–Crippen LogP) is -1.42. The van der Waals surface area contributed by atoms with Gasteiger partial charge < -0.3 is 51.8 Å². The number of carbonyl (C=O) groups is 7. The first kappa shape index (κ1) is 39.9. The Labute approximate surface area is 311 Å². The third kappa shape index (κ3) is 9.27. The van der Waals surface area contributed by atoms with Gasteiger partial charge >= 0.3 is 0 Å². The first-order chi connectivity index (χ1) is 25.4. The van der Waals surface area contributed by atoms with Gasteiger partial charge in [0.1, 0.15) is 36.5 Å². The highest BCUT2D eigenvalue weighted by molar-refractivity contribution is 5.97. The van der Waals surface area contributed by atoms with Gasteiger partial charge in [0.2, 0.25) is 35.4 Å². The number of amides is 6. The number of likely N-dealkylation sites (tertiary alicyclic amines) is 4. The van der Waals surface area contributed by atoms with E-state index in [2.05, 4.69) is 20.9 Å². The highest BCUT2D eigenvalue weighted by Crippen LogP contribution is 2.29. The fraction of sp³-hybridized carbons (Fsp3) is 0.778. The maximum atomic E-state index is 14.2. The van der Waals surface area contributed by atoms with Gasteiger partial charge in [0, 0.05) is 32.7 Å². The van der Waals surface area contributed by atoms with Crippen LogP contribution < -0.4 is 27.4 Å². The van der Waals surface area contributed by atoms with Gasteiger partial charge in [-0.2, -0.15) is 0 Å². The van der Waals surface area contributed by atoms with Crippen LogP contribution >= 0.6 is 0 Å². The lowest BCUT2D eigenvalue weighted by Crippen LogP contribution is -2.60. The van der Waals surface area contributed by atoms with Crippen molar-refractivity contribution in [2.75, 3.05) is 39.3 Å². The maximum Gasteiger partial charge on any atom is 0.246 e. The average molecular weight is 743 g/mol. The Balaban J connectivity index is 1.20. The molecule has 0 aliphatic carbocycles. The zero-order chi connectivity index (χ0) is 38.2. The molecule has 5 aliphatic rings. The van der Waals surface area contributed by atoms with Crippen LogP contribution in [0.4, 0.5) is 0 Å².